The quantitative estimate of drug-likeness (QED) is 0.794. The van der Waals surface area contributed by atoms with E-state index in [2.05, 4.69) is 5.32 Å². The molecule has 0 radical (unpaired) electrons. The van der Waals surface area contributed by atoms with Crippen molar-refractivity contribution in [3.05, 3.63) is 53.5 Å². The first-order valence-corrected chi connectivity index (χ1v) is 7.21. The summed E-state index contributed by atoms with van der Waals surface area (Å²) in [6.45, 7) is 2.27. The lowest BCUT2D eigenvalue weighted by molar-refractivity contribution is -0.144. The number of carbonyl (C=O) groups excluding carboxylic acids is 2. The van der Waals surface area contributed by atoms with Crippen LogP contribution in [0.25, 0.3) is 0 Å². The number of benzene rings is 1. The van der Waals surface area contributed by atoms with Crippen molar-refractivity contribution >= 4 is 11.9 Å². The number of furan rings is 1. The van der Waals surface area contributed by atoms with Crippen molar-refractivity contribution in [1.82, 2.24) is 5.32 Å². The third kappa shape index (κ3) is 4.88. The number of ether oxygens (including phenoxy) is 2. The van der Waals surface area contributed by atoms with Crippen molar-refractivity contribution in [2.45, 2.75) is 20.0 Å². The highest BCUT2D eigenvalue weighted by molar-refractivity contribution is 5.91. The van der Waals surface area contributed by atoms with E-state index >= 15 is 0 Å². The molecular formula is C17H19NO5. The van der Waals surface area contributed by atoms with Crippen molar-refractivity contribution in [2.24, 2.45) is 0 Å². The molecule has 2 rings (SSSR count). The van der Waals surface area contributed by atoms with E-state index < -0.39 is 5.97 Å². The van der Waals surface area contributed by atoms with Crippen LogP contribution in [-0.2, 0) is 16.1 Å². The molecule has 6 nitrogen and oxygen atoms in total. The van der Waals surface area contributed by atoms with Gasteiger partial charge in [-0.3, -0.25) is 9.59 Å². The maximum Gasteiger partial charge on any atom is 0.307 e. The van der Waals surface area contributed by atoms with Gasteiger partial charge in [-0.15, -0.1) is 0 Å². The Kier molecular flexibility index (Phi) is 5.80. The molecule has 1 N–H and O–H groups in total. The molecule has 1 heterocycles. The highest BCUT2D eigenvalue weighted by atomic mass is 16.5. The minimum Gasteiger partial charge on any atom is -0.496 e. The number of aryl methyl sites for hydroxylation is 1. The molecule has 0 aliphatic rings. The van der Waals surface area contributed by atoms with Gasteiger partial charge in [0.2, 0.25) is 0 Å². The van der Waals surface area contributed by atoms with Crippen LogP contribution < -0.4 is 10.1 Å². The summed E-state index contributed by atoms with van der Waals surface area (Å²) in [5.41, 5.74) is 1.86. The largest absolute Gasteiger partial charge is 0.496 e. The number of nitrogens with one attached hydrogen (secondary N) is 1. The third-order valence-electron chi connectivity index (χ3n) is 3.18. The maximum absolute atomic E-state index is 11.7. The van der Waals surface area contributed by atoms with Crippen LogP contribution in [-0.4, -0.2) is 25.5 Å². The summed E-state index contributed by atoms with van der Waals surface area (Å²) in [5.74, 6) is 0.133. The fourth-order valence-corrected chi connectivity index (χ4v) is 2.02. The number of carbonyl (C=O) groups is 2. The Labute approximate surface area is 134 Å². The first kappa shape index (κ1) is 16.6. The van der Waals surface area contributed by atoms with E-state index in [1.54, 1.807) is 19.2 Å². The molecular weight excluding hydrogens is 298 g/mol. The van der Waals surface area contributed by atoms with Crippen molar-refractivity contribution in [2.75, 3.05) is 13.7 Å². The van der Waals surface area contributed by atoms with E-state index in [1.807, 2.05) is 25.1 Å². The average Bonchev–Trinajstić information content (AvgIpc) is 3.07. The number of hydrogen-bond acceptors (Lipinski definition) is 5. The predicted molar refractivity (Wildman–Crippen MR) is 83.2 cm³/mol. The van der Waals surface area contributed by atoms with Crippen molar-refractivity contribution in [3.8, 4) is 5.75 Å². The number of rotatable bonds is 7. The van der Waals surface area contributed by atoms with Crippen LogP contribution in [0.4, 0.5) is 0 Å². The normalized spacial score (nSPS) is 10.2. The fraction of sp³-hybridized carbons (Fsp3) is 0.294. The Morgan fingerprint density at radius 3 is 2.78 bits per heavy atom. The summed E-state index contributed by atoms with van der Waals surface area (Å²) in [6.07, 6.45) is 1.50. The zero-order chi connectivity index (χ0) is 16.7. The molecule has 0 atom stereocenters. The Balaban J connectivity index is 1.75. The summed E-state index contributed by atoms with van der Waals surface area (Å²) < 4.78 is 15.4. The molecule has 0 spiro atoms. The molecule has 6 heteroatoms. The molecule has 0 aliphatic carbocycles. The number of amides is 1. The van der Waals surface area contributed by atoms with Crippen LogP contribution in [0.5, 0.6) is 5.75 Å². The highest BCUT2D eigenvalue weighted by Gasteiger charge is 2.10. The van der Waals surface area contributed by atoms with Gasteiger partial charge in [0.15, 0.2) is 5.76 Å². The Hall–Kier alpha value is -2.76. The van der Waals surface area contributed by atoms with Crippen LogP contribution in [0.2, 0.25) is 0 Å². The maximum atomic E-state index is 11.7. The first-order valence-electron chi connectivity index (χ1n) is 7.21. The molecule has 23 heavy (non-hydrogen) atoms. The lowest BCUT2D eigenvalue weighted by atomic mass is 10.1. The van der Waals surface area contributed by atoms with Crippen molar-refractivity contribution < 1.29 is 23.5 Å². The second-order valence-corrected chi connectivity index (χ2v) is 4.96. The van der Waals surface area contributed by atoms with Crippen LogP contribution in [0.3, 0.4) is 0 Å². The van der Waals surface area contributed by atoms with Crippen molar-refractivity contribution in [3.63, 3.8) is 0 Å². The highest BCUT2D eigenvalue weighted by Crippen LogP contribution is 2.20. The van der Waals surface area contributed by atoms with E-state index in [1.165, 1.54) is 6.26 Å². The molecule has 1 amide bonds. The lowest BCUT2D eigenvalue weighted by Gasteiger charge is -2.10. The number of hydrogen-bond donors (Lipinski definition) is 1. The Bertz CT molecular complexity index is 664. The molecule has 0 saturated heterocycles. The third-order valence-corrected chi connectivity index (χ3v) is 3.18. The van der Waals surface area contributed by atoms with Gasteiger partial charge in [0.1, 0.15) is 12.4 Å². The summed E-state index contributed by atoms with van der Waals surface area (Å²) in [4.78, 5) is 23.3. The smallest absolute Gasteiger partial charge is 0.307 e. The van der Waals surface area contributed by atoms with E-state index in [0.717, 1.165) is 11.1 Å². The van der Waals surface area contributed by atoms with E-state index in [4.69, 9.17) is 13.9 Å². The summed E-state index contributed by atoms with van der Waals surface area (Å²) in [7, 11) is 1.57. The second kappa shape index (κ2) is 8.03. The van der Waals surface area contributed by atoms with E-state index in [0.29, 0.717) is 5.75 Å². The molecule has 1 aromatic heterocycles. The second-order valence-electron chi connectivity index (χ2n) is 4.96. The molecule has 0 aliphatic heterocycles. The van der Waals surface area contributed by atoms with Crippen LogP contribution >= 0.6 is 0 Å². The molecule has 122 valence electrons. The molecule has 1 aromatic carbocycles. The monoisotopic (exact) mass is 317 g/mol. The number of esters is 1. The zero-order valence-corrected chi connectivity index (χ0v) is 13.1. The minimum absolute atomic E-state index is 0.0839. The molecule has 0 bridgehead atoms. The molecule has 0 saturated carbocycles. The Morgan fingerprint density at radius 1 is 1.26 bits per heavy atom. The van der Waals surface area contributed by atoms with Gasteiger partial charge < -0.3 is 19.2 Å². The fourth-order valence-electron chi connectivity index (χ4n) is 2.02. The standard InChI is InChI=1S/C17H19NO5/c1-12-5-6-14(21-2)13(10-12)11-23-16(19)7-8-18-17(20)15-4-3-9-22-15/h3-6,9-10H,7-8,11H2,1-2H3,(H,18,20). The topological polar surface area (TPSA) is 77.8 Å². The van der Waals surface area contributed by atoms with E-state index in [-0.39, 0.29) is 31.2 Å². The van der Waals surface area contributed by atoms with Gasteiger partial charge in [-0.25, -0.2) is 0 Å². The molecule has 0 unspecified atom stereocenters. The van der Waals surface area contributed by atoms with Gasteiger partial charge in [-0.2, -0.15) is 0 Å². The lowest BCUT2D eigenvalue weighted by Crippen LogP contribution is -2.26. The predicted octanol–water partition coefficient (Wildman–Crippen LogP) is 2.46. The SMILES string of the molecule is COc1ccc(C)cc1COC(=O)CCNC(=O)c1ccco1. The van der Waals surface area contributed by atoms with Gasteiger partial charge >= 0.3 is 5.97 Å². The van der Waals surface area contributed by atoms with Crippen molar-refractivity contribution in [1.29, 1.82) is 0 Å². The Morgan fingerprint density at radius 2 is 2.09 bits per heavy atom. The van der Waals surface area contributed by atoms with E-state index in [9.17, 15) is 9.59 Å². The zero-order valence-electron chi connectivity index (χ0n) is 13.1. The summed E-state index contributed by atoms with van der Waals surface area (Å²) in [5, 5.41) is 2.59. The van der Waals surface area contributed by atoms with Gasteiger partial charge in [-0.1, -0.05) is 11.6 Å². The summed E-state index contributed by atoms with van der Waals surface area (Å²) in [6, 6.07) is 8.84. The average molecular weight is 317 g/mol. The van der Waals surface area contributed by atoms with Gasteiger partial charge in [0, 0.05) is 12.1 Å². The van der Waals surface area contributed by atoms with Crippen LogP contribution in [0, 0.1) is 6.92 Å². The molecule has 2 aromatic rings. The van der Waals surface area contributed by atoms with Crippen LogP contribution in [0.15, 0.2) is 41.0 Å². The summed E-state index contributed by atoms with van der Waals surface area (Å²) >= 11 is 0. The minimum atomic E-state index is -0.395. The number of methoxy groups -OCH3 is 1. The first-order chi connectivity index (χ1) is 11.1. The van der Waals surface area contributed by atoms with Crippen LogP contribution in [0.1, 0.15) is 28.1 Å². The van der Waals surface area contributed by atoms with Gasteiger partial charge in [0.05, 0.1) is 19.8 Å². The van der Waals surface area contributed by atoms with Gasteiger partial charge in [-0.05, 0) is 31.2 Å². The molecule has 0 fully saturated rings. The van der Waals surface area contributed by atoms with Gasteiger partial charge in [0.25, 0.3) is 5.91 Å².